The van der Waals surface area contributed by atoms with Crippen LogP contribution in [0.25, 0.3) is 0 Å². The van der Waals surface area contributed by atoms with Crippen molar-refractivity contribution < 1.29 is 9.47 Å². The molecule has 0 aromatic heterocycles. The Morgan fingerprint density at radius 2 is 2.05 bits per heavy atom. The van der Waals surface area contributed by atoms with Crippen LogP contribution in [0, 0.1) is 0 Å². The zero-order chi connectivity index (χ0) is 15.0. The molecule has 4 heteroatoms. The number of hydrogen-bond donors (Lipinski definition) is 0. The van der Waals surface area contributed by atoms with Gasteiger partial charge in [-0.3, -0.25) is 0 Å². The molecule has 0 saturated heterocycles. The number of ether oxygens (including phenoxy) is 2. The predicted molar refractivity (Wildman–Crippen MR) is 89.0 cm³/mol. The fourth-order valence-corrected chi connectivity index (χ4v) is 3.17. The molecule has 1 aliphatic rings. The molecule has 0 fully saturated rings. The Morgan fingerprint density at radius 1 is 1.24 bits per heavy atom. The van der Waals surface area contributed by atoms with Gasteiger partial charge in [-0.1, -0.05) is 39.7 Å². The quantitative estimate of drug-likeness (QED) is 0.644. The maximum absolute atomic E-state index is 6.08. The summed E-state index contributed by atoms with van der Waals surface area (Å²) in [6.07, 6.45) is 0.894. The zero-order valence-electron chi connectivity index (χ0n) is 12.0. The molecule has 2 nitrogen and oxygen atoms in total. The molecular weight excluding hydrogens is 352 g/mol. The Bertz CT molecular complexity index is 682. The van der Waals surface area contributed by atoms with Crippen molar-refractivity contribution in [3.8, 4) is 17.2 Å². The molecule has 0 radical (unpaired) electrons. The second-order valence-electron chi connectivity index (χ2n) is 5.77. The summed E-state index contributed by atoms with van der Waals surface area (Å²) < 4.78 is 12.1. The largest absolute Gasteiger partial charge is 0.483 e. The van der Waals surface area contributed by atoms with Gasteiger partial charge in [-0.25, -0.2) is 0 Å². The summed E-state index contributed by atoms with van der Waals surface area (Å²) in [6, 6.07) is 11.6. The topological polar surface area (TPSA) is 18.5 Å². The number of alkyl halides is 1. The van der Waals surface area contributed by atoms with Gasteiger partial charge >= 0.3 is 0 Å². The summed E-state index contributed by atoms with van der Waals surface area (Å²) in [7, 11) is 0. The highest BCUT2D eigenvalue weighted by Gasteiger charge is 2.32. The molecule has 0 spiro atoms. The molecule has 0 amide bonds. The van der Waals surface area contributed by atoms with E-state index in [9.17, 15) is 0 Å². The van der Waals surface area contributed by atoms with Crippen molar-refractivity contribution in [1.29, 1.82) is 0 Å². The van der Waals surface area contributed by atoms with Crippen molar-refractivity contribution >= 4 is 27.5 Å². The van der Waals surface area contributed by atoms with E-state index >= 15 is 0 Å². The van der Waals surface area contributed by atoms with E-state index in [4.69, 9.17) is 21.1 Å². The Balaban J connectivity index is 1.96. The van der Waals surface area contributed by atoms with Gasteiger partial charge in [-0.2, -0.15) is 0 Å². The second-order valence-corrected chi connectivity index (χ2v) is 6.77. The van der Waals surface area contributed by atoms with Crippen molar-refractivity contribution in [2.45, 2.75) is 31.2 Å². The van der Waals surface area contributed by atoms with Crippen LogP contribution in [0.3, 0.4) is 0 Å². The minimum Gasteiger partial charge on any atom is -0.483 e. The lowest BCUT2D eigenvalue weighted by atomic mass is 10.0. The predicted octanol–water partition coefficient (Wildman–Crippen LogP) is 5.74. The number of benzene rings is 2. The van der Waals surface area contributed by atoms with Crippen molar-refractivity contribution in [3.63, 3.8) is 0 Å². The number of hydrogen-bond acceptors (Lipinski definition) is 2. The molecule has 0 atom stereocenters. The van der Waals surface area contributed by atoms with E-state index < -0.39 is 0 Å². The van der Waals surface area contributed by atoms with Gasteiger partial charge < -0.3 is 9.47 Å². The lowest BCUT2D eigenvalue weighted by Gasteiger charge is -2.18. The highest BCUT2D eigenvalue weighted by Crippen LogP contribution is 2.44. The molecule has 0 unspecified atom stereocenters. The Kier molecular flexibility index (Phi) is 3.89. The van der Waals surface area contributed by atoms with E-state index in [1.807, 2.05) is 30.3 Å². The molecule has 1 heterocycles. The molecule has 21 heavy (non-hydrogen) atoms. The molecule has 3 rings (SSSR count). The first-order valence-electron chi connectivity index (χ1n) is 6.82. The molecule has 0 N–H and O–H groups in total. The van der Waals surface area contributed by atoms with Crippen LogP contribution in [0.5, 0.6) is 17.2 Å². The smallest absolute Gasteiger partial charge is 0.169 e. The lowest BCUT2D eigenvalue weighted by molar-refractivity contribution is 0.135. The van der Waals surface area contributed by atoms with E-state index in [2.05, 4.69) is 35.8 Å². The molecule has 0 bridgehead atoms. The van der Waals surface area contributed by atoms with E-state index in [1.54, 1.807) is 0 Å². The van der Waals surface area contributed by atoms with Crippen LogP contribution in [0.4, 0.5) is 0 Å². The standard InChI is InChI=1S/C17H16BrClO2/c1-17(2)9-11-4-3-5-15(16(11)21-17)20-14-7-6-13(19)8-12(14)10-18/h3-8H,9-10H2,1-2H3. The minimum absolute atomic E-state index is 0.181. The van der Waals surface area contributed by atoms with Crippen LogP contribution in [0.2, 0.25) is 5.02 Å². The van der Waals surface area contributed by atoms with E-state index in [0.29, 0.717) is 10.4 Å². The van der Waals surface area contributed by atoms with Crippen LogP contribution in [0.1, 0.15) is 25.0 Å². The van der Waals surface area contributed by atoms with E-state index in [1.165, 1.54) is 5.56 Å². The summed E-state index contributed by atoms with van der Waals surface area (Å²) >= 11 is 9.50. The van der Waals surface area contributed by atoms with Crippen molar-refractivity contribution in [2.75, 3.05) is 0 Å². The first kappa shape index (κ1) is 14.7. The average Bonchev–Trinajstić information content (AvgIpc) is 2.75. The number of halogens is 2. The first-order valence-corrected chi connectivity index (χ1v) is 8.31. The molecule has 0 aliphatic carbocycles. The summed E-state index contributed by atoms with van der Waals surface area (Å²) in [5.41, 5.74) is 2.02. The third-order valence-corrected chi connectivity index (χ3v) is 4.28. The Morgan fingerprint density at radius 3 is 2.81 bits per heavy atom. The van der Waals surface area contributed by atoms with Crippen LogP contribution >= 0.6 is 27.5 Å². The Hall–Kier alpha value is -1.19. The molecule has 1 aliphatic heterocycles. The minimum atomic E-state index is -0.181. The number of fused-ring (bicyclic) bond motifs is 1. The average molecular weight is 368 g/mol. The van der Waals surface area contributed by atoms with Crippen LogP contribution in [0.15, 0.2) is 36.4 Å². The van der Waals surface area contributed by atoms with Gasteiger partial charge in [-0.05, 0) is 38.1 Å². The SMILES string of the molecule is CC1(C)Cc2cccc(Oc3ccc(Cl)cc3CBr)c2O1. The molecule has 0 saturated carbocycles. The lowest BCUT2D eigenvalue weighted by Crippen LogP contribution is -2.24. The fourth-order valence-electron chi connectivity index (χ4n) is 2.54. The van der Waals surface area contributed by atoms with Crippen LogP contribution in [-0.2, 0) is 11.8 Å². The third-order valence-electron chi connectivity index (χ3n) is 3.44. The van der Waals surface area contributed by atoms with Gasteiger partial charge in [0.25, 0.3) is 0 Å². The van der Waals surface area contributed by atoms with Gasteiger partial charge in [0.05, 0.1) is 0 Å². The number of rotatable bonds is 3. The molecule has 110 valence electrons. The van der Waals surface area contributed by atoms with Gasteiger partial charge in [-0.15, -0.1) is 0 Å². The highest BCUT2D eigenvalue weighted by molar-refractivity contribution is 9.08. The van der Waals surface area contributed by atoms with E-state index in [-0.39, 0.29) is 5.60 Å². The van der Waals surface area contributed by atoms with Gasteiger partial charge in [0.15, 0.2) is 11.5 Å². The highest BCUT2D eigenvalue weighted by atomic mass is 79.9. The third kappa shape index (κ3) is 3.04. The summed E-state index contributed by atoms with van der Waals surface area (Å²) in [5.74, 6) is 2.39. The summed E-state index contributed by atoms with van der Waals surface area (Å²) in [6.45, 7) is 4.17. The maximum atomic E-state index is 6.08. The van der Waals surface area contributed by atoms with Crippen molar-refractivity contribution in [1.82, 2.24) is 0 Å². The maximum Gasteiger partial charge on any atom is 0.169 e. The zero-order valence-corrected chi connectivity index (χ0v) is 14.3. The van der Waals surface area contributed by atoms with Crippen molar-refractivity contribution in [2.24, 2.45) is 0 Å². The van der Waals surface area contributed by atoms with Gasteiger partial charge in [0, 0.05) is 27.9 Å². The van der Waals surface area contributed by atoms with Crippen LogP contribution in [-0.4, -0.2) is 5.60 Å². The second kappa shape index (κ2) is 5.54. The number of para-hydroxylation sites is 1. The fraction of sp³-hybridized carbons (Fsp3) is 0.294. The monoisotopic (exact) mass is 366 g/mol. The molecule has 2 aromatic rings. The Labute approximate surface area is 138 Å². The normalized spacial score (nSPS) is 15.4. The summed E-state index contributed by atoms with van der Waals surface area (Å²) in [4.78, 5) is 0. The molecular formula is C17H16BrClO2. The van der Waals surface area contributed by atoms with Crippen LogP contribution < -0.4 is 9.47 Å². The first-order chi connectivity index (χ1) is 9.98. The van der Waals surface area contributed by atoms with Crippen molar-refractivity contribution in [3.05, 3.63) is 52.5 Å². The summed E-state index contributed by atoms with van der Waals surface area (Å²) in [5, 5.41) is 1.39. The molecule has 2 aromatic carbocycles. The van der Waals surface area contributed by atoms with E-state index in [0.717, 1.165) is 29.2 Å². The van der Waals surface area contributed by atoms with Gasteiger partial charge in [0.2, 0.25) is 0 Å². The van der Waals surface area contributed by atoms with Gasteiger partial charge in [0.1, 0.15) is 11.4 Å².